The van der Waals surface area contributed by atoms with Crippen molar-refractivity contribution in [3.8, 4) is 0 Å². The normalized spacial score (nSPS) is 11.4. The van der Waals surface area contributed by atoms with Crippen molar-refractivity contribution in [1.82, 2.24) is 10.3 Å². The Kier molecular flexibility index (Phi) is 8.34. The van der Waals surface area contributed by atoms with E-state index in [0.29, 0.717) is 11.1 Å². The van der Waals surface area contributed by atoms with Crippen molar-refractivity contribution < 1.29 is 8.42 Å². The second-order valence-corrected chi connectivity index (χ2v) is 10.1. The van der Waals surface area contributed by atoms with E-state index >= 15 is 0 Å². The van der Waals surface area contributed by atoms with E-state index in [-0.39, 0.29) is 4.90 Å². The number of nitrogens with one attached hydrogen (secondary N) is 3. The topological polar surface area (TPSA) is 74.0 Å². The van der Waals surface area contributed by atoms with Gasteiger partial charge in [0, 0.05) is 27.0 Å². The maximum atomic E-state index is 13.0. The largest absolute Gasteiger partial charge is 0.361 e. The third kappa shape index (κ3) is 5.52. The van der Waals surface area contributed by atoms with Crippen LogP contribution in [-0.2, 0) is 16.4 Å². The molecule has 0 aliphatic carbocycles. The smallest absolute Gasteiger partial charge is 0.262 e. The monoisotopic (exact) mass is 515 g/mol. The number of H-pyrrole nitrogens is 1. The maximum Gasteiger partial charge on any atom is 0.262 e. The molecule has 0 saturated heterocycles. The fourth-order valence-corrected chi connectivity index (χ4v) is 5.69. The molecule has 0 amide bonds. The third-order valence-corrected chi connectivity index (χ3v) is 7.19. The first kappa shape index (κ1) is 24.3. The van der Waals surface area contributed by atoms with Crippen LogP contribution in [0.1, 0.15) is 32.3 Å². The van der Waals surface area contributed by atoms with E-state index in [1.165, 1.54) is 12.0 Å². The van der Waals surface area contributed by atoms with E-state index in [9.17, 15) is 8.42 Å². The highest BCUT2D eigenvalue weighted by Crippen LogP contribution is 2.33. The van der Waals surface area contributed by atoms with Crippen molar-refractivity contribution in [1.29, 1.82) is 0 Å². The summed E-state index contributed by atoms with van der Waals surface area (Å²) in [6.07, 6.45) is 5.24. The fourth-order valence-electron chi connectivity index (χ4n) is 3.70. The molecule has 0 unspecified atom stereocenters. The fraction of sp³-hybridized carbons (Fsp3) is 0.280. The molecule has 170 valence electrons. The Morgan fingerprint density at radius 1 is 1.00 bits per heavy atom. The predicted molar refractivity (Wildman–Crippen MR) is 139 cm³/mol. The Bertz CT molecular complexity index is 1290. The highest BCUT2D eigenvalue weighted by Gasteiger charge is 2.18. The number of aromatic nitrogens is 1. The summed E-state index contributed by atoms with van der Waals surface area (Å²) in [7, 11) is -1.75. The van der Waals surface area contributed by atoms with Gasteiger partial charge in [0.2, 0.25) is 0 Å². The zero-order valence-corrected chi connectivity index (χ0v) is 21.1. The lowest BCUT2D eigenvalue weighted by atomic mass is 10.1. The van der Waals surface area contributed by atoms with Gasteiger partial charge in [-0.15, -0.1) is 0 Å². The quantitative estimate of drug-likeness (QED) is 0.264. The van der Waals surface area contributed by atoms with Crippen LogP contribution in [0.4, 0.5) is 5.69 Å². The van der Waals surface area contributed by atoms with Crippen molar-refractivity contribution in [2.45, 2.75) is 38.0 Å². The molecule has 5 nitrogen and oxygen atoms in total. The minimum absolute atomic E-state index is 0.273. The van der Waals surface area contributed by atoms with Crippen LogP contribution < -0.4 is 10.0 Å². The van der Waals surface area contributed by atoms with Crippen LogP contribution in [0, 0.1) is 0 Å². The average Bonchev–Trinajstić information content (AvgIpc) is 3.17. The van der Waals surface area contributed by atoms with E-state index < -0.39 is 10.0 Å². The lowest BCUT2D eigenvalue weighted by molar-refractivity contribution is 0.602. The number of aromatic amines is 1. The standard InChI is InChI=1S/C21H19BrN2O2S.C4H11N/c1-2-6-15-13-23-19-12-16(11-18(22)21(15)19)24-27(25,26)20-10-5-8-14-7-3-4-9-17(14)20;1-3-4-5-2/h3-5,7-13,23-24H,2,6H2,1H3;5H,3-4H2,1-2H3. The molecule has 0 saturated carbocycles. The van der Waals surface area contributed by atoms with Crippen LogP contribution in [0.2, 0.25) is 0 Å². The van der Waals surface area contributed by atoms with Crippen molar-refractivity contribution in [2.75, 3.05) is 18.3 Å². The van der Waals surface area contributed by atoms with Gasteiger partial charge in [-0.2, -0.15) is 0 Å². The number of sulfonamides is 1. The molecule has 0 aliphatic rings. The number of hydrogen-bond acceptors (Lipinski definition) is 3. The van der Waals surface area contributed by atoms with Crippen molar-refractivity contribution >= 4 is 53.3 Å². The Morgan fingerprint density at radius 3 is 2.44 bits per heavy atom. The van der Waals surface area contributed by atoms with Gasteiger partial charge in [-0.25, -0.2) is 8.42 Å². The molecule has 0 radical (unpaired) electrons. The summed E-state index contributed by atoms with van der Waals surface area (Å²) in [5.41, 5.74) is 2.65. The molecule has 0 aliphatic heterocycles. The first-order valence-corrected chi connectivity index (χ1v) is 13.1. The Labute approximate surface area is 198 Å². The van der Waals surface area contributed by atoms with E-state index in [4.69, 9.17) is 0 Å². The molecule has 1 aromatic heterocycles. The number of rotatable bonds is 7. The zero-order valence-electron chi connectivity index (χ0n) is 18.7. The lowest BCUT2D eigenvalue weighted by Gasteiger charge is -2.11. The minimum Gasteiger partial charge on any atom is -0.361 e. The lowest BCUT2D eigenvalue weighted by Crippen LogP contribution is -2.13. The number of halogens is 1. The molecule has 0 bridgehead atoms. The number of benzene rings is 3. The first-order valence-electron chi connectivity index (χ1n) is 10.9. The molecule has 0 spiro atoms. The summed E-state index contributed by atoms with van der Waals surface area (Å²) in [6, 6.07) is 16.4. The minimum atomic E-state index is -3.71. The van der Waals surface area contributed by atoms with Gasteiger partial charge in [0.05, 0.1) is 10.6 Å². The molecule has 32 heavy (non-hydrogen) atoms. The Balaban J connectivity index is 0.000000523. The first-order chi connectivity index (χ1) is 15.4. The Morgan fingerprint density at radius 2 is 1.75 bits per heavy atom. The van der Waals surface area contributed by atoms with Gasteiger partial charge < -0.3 is 10.3 Å². The molecule has 3 aromatic carbocycles. The molecule has 0 atom stereocenters. The SMILES string of the molecule is CCCNC.CCCc1c[nH]c2cc(NS(=O)(=O)c3cccc4ccccc34)cc(Br)c12. The molecule has 4 aromatic rings. The summed E-state index contributed by atoms with van der Waals surface area (Å²) in [5.74, 6) is 0. The highest BCUT2D eigenvalue weighted by molar-refractivity contribution is 9.10. The molecular formula is C25H30BrN3O2S. The van der Waals surface area contributed by atoms with Gasteiger partial charge >= 0.3 is 0 Å². The summed E-state index contributed by atoms with van der Waals surface area (Å²) < 4.78 is 29.7. The second kappa shape index (κ2) is 11.0. The summed E-state index contributed by atoms with van der Waals surface area (Å²) in [5, 5.41) is 5.72. The molecule has 7 heteroatoms. The van der Waals surface area contributed by atoms with Crippen molar-refractivity contribution in [3.63, 3.8) is 0 Å². The van der Waals surface area contributed by atoms with E-state index in [1.54, 1.807) is 12.1 Å². The summed E-state index contributed by atoms with van der Waals surface area (Å²) in [4.78, 5) is 3.52. The summed E-state index contributed by atoms with van der Waals surface area (Å²) >= 11 is 3.60. The molecule has 3 N–H and O–H groups in total. The number of hydrogen-bond donors (Lipinski definition) is 3. The van der Waals surface area contributed by atoms with E-state index in [0.717, 1.165) is 40.1 Å². The number of fused-ring (bicyclic) bond motifs is 2. The third-order valence-electron chi connectivity index (χ3n) is 5.12. The van der Waals surface area contributed by atoms with Gasteiger partial charge in [-0.3, -0.25) is 4.72 Å². The maximum absolute atomic E-state index is 13.0. The van der Waals surface area contributed by atoms with E-state index in [2.05, 4.69) is 44.8 Å². The van der Waals surface area contributed by atoms with Crippen LogP contribution in [0.5, 0.6) is 0 Å². The molecule has 1 heterocycles. The average molecular weight is 517 g/mol. The van der Waals surface area contributed by atoms with Crippen molar-refractivity contribution in [2.24, 2.45) is 0 Å². The van der Waals surface area contributed by atoms with Gasteiger partial charge in [-0.1, -0.05) is 72.6 Å². The van der Waals surface area contributed by atoms with Gasteiger partial charge in [0.15, 0.2) is 0 Å². The number of anilines is 1. The van der Waals surface area contributed by atoms with Gasteiger partial charge in [-0.05, 0) is 55.6 Å². The molecular weight excluding hydrogens is 486 g/mol. The van der Waals surface area contributed by atoms with Crippen LogP contribution >= 0.6 is 15.9 Å². The van der Waals surface area contributed by atoms with E-state index in [1.807, 2.05) is 55.7 Å². The Hall–Kier alpha value is -2.35. The molecule has 0 fully saturated rings. The summed E-state index contributed by atoms with van der Waals surface area (Å²) in [6.45, 7) is 5.43. The zero-order chi connectivity index (χ0) is 23.1. The van der Waals surface area contributed by atoms with Gasteiger partial charge in [0.1, 0.15) is 0 Å². The predicted octanol–water partition coefficient (Wildman–Crippen LogP) is 6.45. The number of aryl methyl sites for hydroxylation is 1. The van der Waals surface area contributed by atoms with Gasteiger partial charge in [0.25, 0.3) is 10.0 Å². The highest BCUT2D eigenvalue weighted by atomic mass is 79.9. The van der Waals surface area contributed by atoms with Crippen molar-refractivity contribution in [3.05, 3.63) is 70.8 Å². The van der Waals surface area contributed by atoms with Crippen LogP contribution in [-0.4, -0.2) is 27.0 Å². The van der Waals surface area contributed by atoms with Crippen LogP contribution in [0.15, 0.2) is 70.2 Å². The molecule has 4 rings (SSSR count). The van der Waals surface area contributed by atoms with Crippen LogP contribution in [0.25, 0.3) is 21.7 Å². The second-order valence-electron chi connectivity index (χ2n) is 7.63. The van der Waals surface area contributed by atoms with Crippen LogP contribution in [0.3, 0.4) is 0 Å².